The molecule has 11 heteroatoms. The lowest BCUT2D eigenvalue weighted by atomic mass is 10.0. The summed E-state index contributed by atoms with van der Waals surface area (Å²) in [4.78, 5) is 23.8. The summed E-state index contributed by atoms with van der Waals surface area (Å²) in [7, 11) is 0. The van der Waals surface area contributed by atoms with E-state index in [9.17, 15) is 14.3 Å². The Labute approximate surface area is 250 Å². The Balaban J connectivity index is 1.26. The zero-order valence-electron chi connectivity index (χ0n) is 23.4. The Bertz CT molecular complexity index is 1930. The molecule has 0 aliphatic carbocycles. The Morgan fingerprint density at radius 3 is 2.61 bits per heavy atom. The molecule has 2 aromatic heterocycles. The van der Waals surface area contributed by atoms with Crippen LogP contribution in [-0.2, 0) is 19.6 Å². The number of hydrogen-bond donors (Lipinski definition) is 2. The highest BCUT2D eigenvalue weighted by atomic mass is 19.1. The Morgan fingerprint density at radius 2 is 1.86 bits per heavy atom. The van der Waals surface area contributed by atoms with Gasteiger partial charge in [0.25, 0.3) is 0 Å². The Morgan fingerprint density at radius 1 is 1.02 bits per heavy atom. The molecule has 1 aliphatic heterocycles. The predicted molar refractivity (Wildman–Crippen MR) is 157 cm³/mol. The maximum absolute atomic E-state index is 15.5. The van der Waals surface area contributed by atoms with Gasteiger partial charge in [-0.15, -0.1) is 0 Å². The summed E-state index contributed by atoms with van der Waals surface area (Å²) < 4.78 is 52.7. The molecular weight excluding hydrogens is 571 g/mol. The number of benzene rings is 3. The van der Waals surface area contributed by atoms with Gasteiger partial charge in [0.2, 0.25) is 5.88 Å². The van der Waals surface area contributed by atoms with E-state index in [1.165, 1.54) is 30.3 Å². The summed E-state index contributed by atoms with van der Waals surface area (Å²) in [6.45, 7) is 8.21. The molecule has 0 radical (unpaired) electrons. The lowest BCUT2D eigenvalue weighted by Gasteiger charge is -2.16. The summed E-state index contributed by atoms with van der Waals surface area (Å²) in [5.41, 5.74) is 1.86. The highest BCUT2D eigenvalue weighted by Gasteiger charge is 2.22. The smallest absolute Gasteiger partial charge is 0.335 e. The Hall–Kier alpha value is -5.21. The molecular formula is C33H26F3N5O3. The molecule has 2 N–H and O–H groups in total. The number of hydrogen-bond acceptors (Lipinski definition) is 5. The van der Waals surface area contributed by atoms with Gasteiger partial charge in [-0.25, -0.2) is 32.8 Å². The van der Waals surface area contributed by atoms with Crippen molar-refractivity contribution >= 4 is 22.7 Å². The van der Waals surface area contributed by atoms with Crippen LogP contribution in [0.4, 0.5) is 18.9 Å². The van der Waals surface area contributed by atoms with Gasteiger partial charge in [0, 0.05) is 36.2 Å². The number of halogens is 3. The van der Waals surface area contributed by atoms with Crippen molar-refractivity contribution in [2.45, 2.75) is 38.5 Å². The van der Waals surface area contributed by atoms with E-state index in [-0.39, 0.29) is 58.6 Å². The molecule has 222 valence electrons. The molecule has 1 fully saturated rings. The summed E-state index contributed by atoms with van der Waals surface area (Å²) in [6, 6.07) is 15.7. The molecule has 44 heavy (non-hydrogen) atoms. The maximum Gasteiger partial charge on any atom is 0.335 e. The van der Waals surface area contributed by atoms with Crippen molar-refractivity contribution in [1.82, 2.24) is 19.9 Å². The third-order valence-corrected chi connectivity index (χ3v) is 7.67. The summed E-state index contributed by atoms with van der Waals surface area (Å²) in [6.07, 6.45) is 1.94. The van der Waals surface area contributed by atoms with Crippen LogP contribution < -0.4 is 10.1 Å². The molecule has 3 heterocycles. The Kier molecular flexibility index (Phi) is 8.00. The third kappa shape index (κ3) is 5.98. The van der Waals surface area contributed by atoms with E-state index in [4.69, 9.17) is 11.3 Å². The fourth-order valence-corrected chi connectivity index (χ4v) is 5.39. The van der Waals surface area contributed by atoms with Crippen molar-refractivity contribution in [2.24, 2.45) is 0 Å². The minimum Gasteiger partial charge on any atom is -0.478 e. The van der Waals surface area contributed by atoms with E-state index >= 15 is 8.78 Å². The molecule has 3 aromatic carbocycles. The number of carboxylic acid groups (broad SMARTS) is 1. The number of ether oxygens (including phenoxy) is 1. The molecule has 0 spiro atoms. The zero-order valence-corrected chi connectivity index (χ0v) is 23.4. The van der Waals surface area contributed by atoms with Gasteiger partial charge < -0.3 is 19.7 Å². The van der Waals surface area contributed by atoms with Crippen LogP contribution in [0.1, 0.15) is 40.2 Å². The quantitative estimate of drug-likeness (QED) is 0.184. The second-order valence-electron chi connectivity index (χ2n) is 10.6. The first-order valence-corrected chi connectivity index (χ1v) is 14.0. The van der Waals surface area contributed by atoms with E-state index < -0.39 is 23.4 Å². The van der Waals surface area contributed by atoms with Gasteiger partial charge in [-0.1, -0.05) is 18.2 Å². The van der Waals surface area contributed by atoms with Crippen molar-refractivity contribution in [3.05, 3.63) is 118 Å². The van der Waals surface area contributed by atoms with Gasteiger partial charge >= 0.3 is 5.97 Å². The minimum absolute atomic E-state index is 0.0126. The van der Waals surface area contributed by atoms with Crippen LogP contribution >= 0.6 is 0 Å². The number of fused-ring (bicyclic) bond motifs is 1. The highest BCUT2D eigenvalue weighted by Crippen LogP contribution is 2.29. The van der Waals surface area contributed by atoms with Crippen LogP contribution in [0, 0.1) is 24.0 Å². The van der Waals surface area contributed by atoms with Crippen LogP contribution in [0.15, 0.2) is 66.7 Å². The average molecular weight is 598 g/mol. The monoisotopic (exact) mass is 597 g/mol. The normalized spacial score (nSPS) is 14.5. The predicted octanol–water partition coefficient (Wildman–Crippen LogP) is 6.69. The minimum atomic E-state index is -1.06. The van der Waals surface area contributed by atoms with Crippen molar-refractivity contribution in [1.29, 1.82) is 0 Å². The van der Waals surface area contributed by atoms with Gasteiger partial charge in [0.05, 0.1) is 28.9 Å². The molecule has 0 amide bonds. The number of imidazole rings is 1. The number of nitrogens with one attached hydrogen (secondary N) is 1. The van der Waals surface area contributed by atoms with Crippen molar-refractivity contribution < 1.29 is 27.8 Å². The first-order chi connectivity index (χ1) is 21.3. The molecule has 1 atom stereocenters. The van der Waals surface area contributed by atoms with Gasteiger partial charge in [-0.05, 0) is 67.4 Å². The first-order valence-electron chi connectivity index (χ1n) is 14.0. The lowest BCUT2D eigenvalue weighted by Crippen LogP contribution is -2.27. The zero-order chi connectivity index (χ0) is 30.8. The highest BCUT2D eigenvalue weighted by molar-refractivity contribution is 5.92. The molecule has 0 bridgehead atoms. The molecule has 1 saturated heterocycles. The van der Waals surface area contributed by atoms with Crippen LogP contribution in [0.25, 0.3) is 27.1 Å². The topological polar surface area (TPSA) is 93.6 Å². The summed E-state index contributed by atoms with van der Waals surface area (Å²) >= 11 is 0. The van der Waals surface area contributed by atoms with E-state index in [0.29, 0.717) is 23.4 Å². The molecule has 6 rings (SSSR count). The molecule has 5 aromatic rings. The van der Waals surface area contributed by atoms with Crippen LogP contribution in [-0.4, -0.2) is 38.2 Å². The molecule has 8 nitrogen and oxygen atoms in total. The second kappa shape index (κ2) is 12.2. The number of rotatable bonds is 9. The third-order valence-electron chi connectivity index (χ3n) is 7.67. The fourth-order valence-electron chi connectivity index (χ4n) is 5.39. The van der Waals surface area contributed by atoms with Crippen molar-refractivity contribution in [2.75, 3.05) is 6.54 Å². The fraction of sp³-hybridized carbons (Fsp3) is 0.212. The number of pyridine rings is 1. The molecule has 0 saturated carbocycles. The SMILES string of the molecule is [C-]#[N+]c1ccc(COc2cccc(-c3cc(F)c(Cc4nc5ccc(C(=O)O)cc5n4C[C@H]4CCCN4)cc3F)n2)c(F)c1. The summed E-state index contributed by atoms with van der Waals surface area (Å²) in [5.74, 6) is -2.41. The van der Waals surface area contributed by atoms with E-state index in [0.717, 1.165) is 37.6 Å². The van der Waals surface area contributed by atoms with Gasteiger partial charge in [-0.2, -0.15) is 0 Å². The number of aromatic nitrogens is 3. The van der Waals surface area contributed by atoms with Crippen molar-refractivity contribution in [3.8, 4) is 17.1 Å². The number of nitrogens with zero attached hydrogens (tertiary/aromatic N) is 4. The van der Waals surface area contributed by atoms with Gasteiger partial charge in [0.1, 0.15) is 29.9 Å². The molecule has 0 unspecified atom stereocenters. The van der Waals surface area contributed by atoms with Crippen LogP contribution in [0.2, 0.25) is 0 Å². The van der Waals surface area contributed by atoms with Crippen LogP contribution in [0.5, 0.6) is 5.88 Å². The maximum atomic E-state index is 15.5. The van der Waals surface area contributed by atoms with Gasteiger partial charge in [-0.3, -0.25) is 0 Å². The lowest BCUT2D eigenvalue weighted by molar-refractivity contribution is 0.0697. The number of carboxylic acids is 1. The van der Waals surface area contributed by atoms with E-state index in [1.54, 1.807) is 18.2 Å². The average Bonchev–Trinajstić information content (AvgIpc) is 3.66. The second-order valence-corrected chi connectivity index (χ2v) is 10.6. The van der Waals surface area contributed by atoms with Crippen LogP contribution in [0.3, 0.4) is 0 Å². The van der Waals surface area contributed by atoms with Crippen molar-refractivity contribution in [3.63, 3.8) is 0 Å². The number of carbonyl (C=O) groups is 1. The van der Waals surface area contributed by atoms with E-state index in [2.05, 4.69) is 20.1 Å². The van der Waals surface area contributed by atoms with Gasteiger partial charge in [0.15, 0.2) is 5.69 Å². The largest absolute Gasteiger partial charge is 0.478 e. The molecule has 1 aliphatic rings. The summed E-state index contributed by atoms with van der Waals surface area (Å²) in [5, 5.41) is 12.9. The standard InChI is InChI=1S/C33H26F3N5O3/c1-37-22-9-7-20(25(34)15-22)18-44-32-6-2-5-28(40-32)24-16-26(35)21(12-27(24)36)14-31-39-29-10-8-19(33(42)43)13-30(29)41(31)17-23-4-3-11-38-23/h2,5-10,12-13,15-16,23,38H,3-4,11,14,17-18H2,(H,42,43)/t23-/m1/s1. The number of aromatic carboxylic acids is 1. The van der Waals surface area contributed by atoms with E-state index in [1.807, 2.05) is 4.57 Å². The first kappa shape index (κ1) is 28.9.